The van der Waals surface area contributed by atoms with E-state index in [-0.39, 0.29) is 11.7 Å². The highest BCUT2D eigenvalue weighted by atomic mass is 35.5. The van der Waals surface area contributed by atoms with Gasteiger partial charge >= 0.3 is 0 Å². The largest absolute Gasteiger partial charge is 0.293 e. The van der Waals surface area contributed by atoms with Crippen LogP contribution in [-0.4, -0.2) is 5.78 Å². The summed E-state index contributed by atoms with van der Waals surface area (Å²) in [6, 6.07) is 7.04. The number of thiophene rings is 1. The zero-order valence-corrected chi connectivity index (χ0v) is 13.4. The lowest BCUT2D eigenvalue weighted by Crippen LogP contribution is -2.04. The van der Waals surface area contributed by atoms with E-state index in [2.05, 4.69) is 0 Å². The van der Waals surface area contributed by atoms with E-state index in [0.717, 1.165) is 15.3 Å². The fourth-order valence-electron chi connectivity index (χ4n) is 1.61. The predicted molar refractivity (Wildman–Crippen MR) is 84.0 cm³/mol. The van der Waals surface area contributed by atoms with Gasteiger partial charge in [0.1, 0.15) is 0 Å². The predicted octanol–water partition coefficient (Wildman–Crippen LogP) is 6.21. The Labute approximate surface area is 131 Å². The molecule has 1 nitrogen and oxygen atoms in total. The second-order valence-corrected chi connectivity index (χ2v) is 6.73. The molecule has 0 N–H and O–H groups in total. The van der Waals surface area contributed by atoms with Gasteiger partial charge in [0.15, 0.2) is 5.78 Å². The van der Waals surface area contributed by atoms with Crippen molar-refractivity contribution in [3.63, 3.8) is 0 Å². The average molecular weight is 334 g/mol. The van der Waals surface area contributed by atoms with Crippen LogP contribution in [0, 0.1) is 5.92 Å². The van der Waals surface area contributed by atoms with Gasteiger partial charge in [-0.15, -0.1) is 11.3 Å². The van der Waals surface area contributed by atoms with Gasteiger partial charge in [-0.25, -0.2) is 0 Å². The molecule has 0 bridgehead atoms. The van der Waals surface area contributed by atoms with Crippen LogP contribution < -0.4 is 0 Å². The maximum Gasteiger partial charge on any atom is 0.175 e. The number of hydrogen-bond acceptors (Lipinski definition) is 2. The van der Waals surface area contributed by atoms with E-state index in [4.69, 9.17) is 34.8 Å². The summed E-state index contributed by atoms with van der Waals surface area (Å²) in [5.74, 6) is 0.114. The van der Waals surface area contributed by atoms with Crippen molar-refractivity contribution in [1.82, 2.24) is 0 Å². The Bertz CT molecular complexity index is 632. The number of carbonyl (C=O) groups is 1. The summed E-state index contributed by atoms with van der Waals surface area (Å²) in [7, 11) is 0. The number of ketones is 1. The molecular weight excluding hydrogens is 323 g/mol. The smallest absolute Gasteiger partial charge is 0.175 e. The highest BCUT2D eigenvalue weighted by Gasteiger charge is 2.15. The summed E-state index contributed by atoms with van der Waals surface area (Å²) in [5, 5.41) is 1.40. The van der Waals surface area contributed by atoms with E-state index >= 15 is 0 Å². The van der Waals surface area contributed by atoms with Crippen LogP contribution in [0.15, 0.2) is 24.3 Å². The first kappa shape index (κ1) is 14.9. The van der Waals surface area contributed by atoms with Crippen LogP contribution >= 0.6 is 46.1 Å². The number of benzene rings is 1. The van der Waals surface area contributed by atoms with E-state index < -0.39 is 0 Å². The van der Waals surface area contributed by atoms with Crippen LogP contribution in [-0.2, 0) is 0 Å². The molecule has 0 saturated heterocycles. The third-order valence-corrected chi connectivity index (χ3v) is 4.82. The summed E-state index contributed by atoms with van der Waals surface area (Å²) in [6.45, 7) is 3.77. The Morgan fingerprint density at radius 1 is 1.05 bits per heavy atom. The van der Waals surface area contributed by atoms with E-state index in [1.165, 1.54) is 11.3 Å². The first-order valence-electron chi connectivity index (χ1n) is 5.69. The molecule has 0 aliphatic rings. The number of Topliss-reactive ketones (excluding diaryl/α,β-unsaturated/α-hetero) is 1. The SMILES string of the molecule is CC(C)C(=O)c1ccc(-c2cc(Cl)c(Cl)cc2Cl)s1. The number of rotatable bonds is 3. The van der Waals surface area contributed by atoms with Crippen molar-refractivity contribution in [2.45, 2.75) is 13.8 Å². The molecule has 1 heterocycles. The van der Waals surface area contributed by atoms with Gasteiger partial charge in [-0.1, -0.05) is 48.7 Å². The van der Waals surface area contributed by atoms with Crippen LogP contribution in [0.4, 0.5) is 0 Å². The van der Waals surface area contributed by atoms with E-state index in [1.54, 1.807) is 12.1 Å². The Hall–Kier alpha value is -0.540. The monoisotopic (exact) mass is 332 g/mol. The van der Waals surface area contributed by atoms with Crippen LogP contribution in [0.3, 0.4) is 0 Å². The highest BCUT2D eigenvalue weighted by Crippen LogP contribution is 2.38. The Morgan fingerprint density at radius 3 is 2.32 bits per heavy atom. The topological polar surface area (TPSA) is 17.1 Å². The first-order valence-corrected chi connectivity index (χ1v) is 7.64. The van der Waals surface area contributed by atoms with Crippen LogP contribution in [0.1, 0.15) is 23.5 Å². The zero-order chi connectivity index (χ0) is 14.2. The molecule has 19 heavy (non-hydrogen) atoms. The molecule has 2 rings (SSSR count). The van der Waals surface area contributed by atoms with Gasteiger partial charge in [0.2, 0.25) is 0 Å². The lowest BCUT2D eigenvalue weighted by Gasteiger charge is -2.04. The fraction of sp³-hybridized carbons (Fsp3) is 0.214. The molecule has 0 radical (unpaired) electrons. The van der Waals surface area contributed by atoms with Crippen molar-refractivity contribution >= 4 is 51.9 Å². The van der Waals surface area contributed by atoms with Crippen LogP contribution in [0.5, 0.6) is 0 Å². The number of halogens is 3. The molecule has 5 heteroatoms. The van der Waals surface area contributed by atoms with Gasteiger partial charge in [0, 0.05) is 16.4 Å². The minimum Gasteiger partial charge on any atom is -0.293 e. The number of hydrogen-bond donors (Lipinski definition) is 0. The van der Waals surface area contributed by atoms with Crippen molar-refractivity contribution in [1.29, 1.82) is 0 Å². The maximum atomic E-state index is 11.9. The van der Waals surface area contributed by atoms with Crippen LogP contribution in [0.2, 0.25) is 15.1 Å². The lowest BCUT2D eigenvalue weighted by molar-refractivity contribution is 0.0943. The van der Waals surface area contributed by atoms with E-state index in [1.807, 2.05) is 26.0 Å². The normalized spacial score (nSPS) is 11.1. The van der Waals surface area contributed by atoms with Gasteiger partial charge in [-0.05, 0) is 24.3 Å². The summed E-state index contributed by atoms with van der Waals surface area (Å²) in [4.78, 5) is 13.6. The molecule has 1 aromatic carbocycles. The standard InChI is InChI=1S/C14H11Cl3OS/c1-7(2)14(18)13-4-3-12(19-13)8-5-10(16)11(17)6-9(8)15/h3-7H,1-2H3. The third-order valence-electron chi connectivity index (χ3n) is 2.65. The highest BCUT2D eigenvalue weighted by molar-refractivity contribution is 7.17. The molecule has 100 valence electrons. The van der Waals surface area contributed by atoms with Crippen molar-refractivity contribution in [3.05, 3.63) is 44.2 Å². The molecule has 1 aromatic heterocycles. The quantitative estimate of drug-likeness (QED) is 0.482. The Kier molecular flexibility index (Phi) is 4.57. The number of carbonyl (C=O) groups excluding carboxylic acids is 1. The Morgan fingerprint density at radius 2 is 1.68 bits per heavy atom. The molecule has 0 aliphatic carbocycles. The minimum absolute atomic E-state index is 0.0178. The molecule has 0 atom stereocenters. The van der Waals surface area contributed by atoms with Gasteiger partial charge in [-0.2, -0.15) is 0 Å². The second kappa shape index (κ2) is 5.84. The summed E-state index contributed by atoms with van der Waals surface area (Å²) in [5.41, 5.74) is 0.795. The van der Waals surface area contributed by atoms with E-state index in [0.29, 0.717) is 15.1 Å². The molecule has 2 aromatic rings. The van der Waals surface area contributed by atoms with Crippen molar-refractivity contribution in [2.75, 3.05) is 0 Å². The Balaban J connectivity index is 2.44. The molecule has 0 amide bonds. The van der Waals surface area contributed by atoms with Gasteiger partial charge in [0.25, 0.3) is 0 Å². The molecule has 0 fully saturated rings. The van der Waals surface area contributed by atoms with Gasteiger partial charge < -0.3 is 0 Å². The summed E-state index contributed by atoms with van der Waals surface area (Å²) < 4.78 is 0. The average Bonchev–Trinajstić information content (AvgIpc) is 2.81. The van der Waals surface area contributed by atoms with Crippen molar-refractivity contribution in [3.8, 4) is 10.4 Å². The summed E-state index contributed by atoms with van der Waals surface area (Å²) in [6.07, 6.45) is 0. The van der Waals surface area contributed by atoms with Crippen molar-refractivity contribution in [2.24, 2.45) is 5.92 Å². The first-order chi connectivity index (χ1) is 8.90. The van der Waals surface area contributed by atoms with Gasteiger partial charge in [-0.3, -0.25) is 4.79 Å². The zero-order valence-electron chi connectivity index (χ0n) is 10.3. The van der Waals surface area contributed by atoms with Crippen LogP contribution in [0.25, 0.3) is 10.4 Å². The van der Waals surface area contributed by atoms with E-state index in [9.17, 15) is 4.79 Å². The molecule has 0 spiro atoms. The van der Waals surface area contributed by atoms with Crippen molar-refractivity contribution < 1.29 is 4.79 Å². The summed E-state index contributed by atoms with van der Waals surface area (Å²) >= 11 is 19.5. The maximum absolute atomic E-state index is 11.9. The third kappa shape index (κ3) is 3.14. The fourth-order valence-corrected chi connectivity index (χ4v) is 3.44. The second-order valence-electron chi connectivity index (χ2n) is 4.43. The minimum atomic E-state index is -0.0178. The molecular formula is C14H11Cl3OS. The van der Waals surface area contributed by atoms with Gasteiger partial charge in [0.05, 0.1) is 19.9 Å². The molecule has 0 saturated carbocycles. The lowest BCUT2D eigenvalue weighted by atomic mass is 10.1. The molecule has 0 unspecified atom stereocenters. The molecule has 0 aliphatic heterocycles.